The molecule has 0 saturated carbocycles. The number of halogens is 3. The minimum atomic E-state index is -4.47. The van der Waals surface area contributed by atoms with Crippen LogP contribution in [0.25, 0.3) is 22.4 Å². The number of hydrogen-bond donors (Lipinski definition) is 0. The molecule has 5 rings (SSSR count). The quantitative estimate of drug-likeness (QED) is 0.268. The average molecular weight is 567 g/mol. The standard InChI is InChI=1S/C29H25F3N4O3S/c30-29(31,32)24-4-2-1-3-23(24)20-5-7-22(8-6-20)39-17-27(38)36-16-15-35(19-37)14-11-26(36)28-34-25(18-40-28)21-9-12-33-13-10-21/h1-10,12-13,18-19,26H,11,14-17H2. The molecule has 0 radical (unpaired) electrons. The molecular weight excluding hydrogens is 541 g/mol. The minimum Gasteiger partial charge on any atom is -0.484 e. The van der Waals surface area contributed by atoms with E-state index in [9.17, 15) is 22.8 Å². The summed E-state index contributed by atoms with van der Waals surface area (Å²) in [6.07, 6.45) is 0.219. The number of carbonyl (C=O) groups excluding carboxylic acids is 2. The molecule has 1 fully saturated rings. The highest BCUT2D eigenvalue weighted by atomic mass is 32.1. The summed E-state index contributed by atoms with van der Waals surface area (Å²) in [4.78, 5) is 37.0. The lowest BCUT2D eigenvalue weighted by atomic mass is 9.99. The topological polar surface area (TPSA) is 75.6 Å². The van der Waals surface area contributed by atoms with Gasteiger partial charge in [0.25, 0.3) is 5.91 Å². The van der Waals surface area contributed by atoms with Crippen molar-refractivity contribution in [3.05, 3.63) is 89.0 Å². The number of alkyl halides is 3. The molecule has 1 aliphatic heterocycles. The number of pyridine rings is 1. The molecule has 11 heteroatoms. The first-order chi connectivity index (χ1) is 19.3. The van der Waals surface area contributed by atoms with E-state index in [-0.39, 0.29) is 24.1 Å². The van der Waals surface area contributed by atoms with Crippen molar-refractivity contribution in [3.63, 3.8) is 0 Å². The molecule has 0 spiro atoms. The molecule has 4 aromatic rings. The number of hydrogen-bond acceptors (Lipinski definition) is 6. The first kappa shape index (κ1) is 27.3. The SMILES string of the molecule is O=CN1CCC(c2nc(-c3ccncc3)cs2)N(C(=O)COc2ccc(-c3ccccc3C(F)(F)F)cc2)CC1. The molecule has 0 bridgehead atoms. The predicted molar refractivity (Wildman–Crippen MR) is 144 cm³/mol. The van der Waals surface area contributed by atoms with Gasteiger partial charge in [-0.1, -0.05) is 30.3 Å². The minimum absolute atomic E-state index is 0.0688. The van der Waals surface area contributed by atoms with Gasteiger partial charge < -0.3 is 14.5 Å². The molecule has 2 aromatic heterocycles. The fourth-order valence-corrected chi connectivity index (χ4v) is 5.62. The van der Waals surface area contributed by atoms with Crippen LogP contribution in [0.1, 0.15) is 23.0 Å². The second kappa shape index (κ2) is 11.9. The number of carbonyl (C=O) groups is 2. The third kappa shape index (κ3) is 6.15. The van der Waals surface area contributed by atoms with Crippen LogP contribution in [0.5, 0.6) is 5.75 Å². The van der Waals surface area contributed by atoms with Crippen molar-refractivity contribution in [1.82, 2.24) is 19.8 Å². The summed E-state index contributed by atoms with van der Waals surface area (Å²) < 4.78 is 46.0. The van der Waals surface area contributed by atoms with Crippen molar-refractivity contribution in [2.75, 3.05) is 26.2 Å². The van der Waals surface area contributed by atoms with E-state index in [1.165, 1.54) is 35.6 Å². The zero-order valence-corrected chi connectivity index (χ0v) is 22.1. The summed E-state index contributed by atoms with van der Waals surface area (Å²) in [6, 6.07) is 14.9. The summed E-state index contributed by atoms with van der Waals surface area (Å²) in [5.74, 6) is 0.0848. The Hall–Kier alpha value is -4.25. The van der Waals surface area contributed by atoms with Gasteiger partial charge in [-0.2, -0.15) is 13.2 Å². The number of nitrogens with zero attached hydrogens (tertiary/aromatic N) is 4. The zero-order valence-electron chi connectivity index (χ0n) is 21.3. The van der Waals surface area contributed by atoms with Gasteiger partial charge in [0.15, 0.2) is 6.61 Å². The van der Waals surface area contributed by atoms with E-state index in [1.54, 1.807) is 40.4 Å². The van der Waals surface area contributed by atoms with E-state index in [1.807, 2.05) is 17.5 Å². The maximum atomic E-state index is 13.4. The van der Waals surface area contributed by atoms with Gasteiger partial charge in [-0.25, -0.2) is 4.98 Å². The second-order valence-electron chi connectivity index (χ2n) is 9.20. The van der Waals surface area contributed by atoms with Gasteiger partial charge in [0.1, 0.15) is 10.8 Å². The monoisotopic (exact) mass is 566 g/mol. The Morgan fingerprint density at radius 2 is 1.75 bits per heavy atom. The van der Waals surface area contributed by atoms with Gasteiger partial charge in [0, 0.05) is 43.0 Å². The Kier molecular flexibility index (Phi) is 8.11. The molecule has 7 nitrogen and oxygen atoms in total. The molecule has 1 unspecified atom stereocenters. The fourth-order valence-electron chi connectivity index (χ4n) is 4.65. The van der Waals surface area contributed by atoms with Gasteiger partial charge >= 0.3 is 6.18 Å². The molecule has 40 heavy (non-hydrogen) atoms. The van der Waals surface area contributed by atoms with Gasteiger partial charge in [-0.15, -0.1) is 11.3 Å². The van der Waals surface area contributed by atoms with Crippen LogP contribution in [0.3, 0.4) is 0 Å². The summed E-state index contributed by atoms with van der Waals surface area (Å²) in [6.45, 7) is 0.938. The number of aromatic nitrogens is 2. The molecule has 1 aliphatic rings. The van der Waals surface area contributed by atoms with Gasteiger partial charge in [0.2, 0.25) is 6.41 Å². The smallest absolute Gasteiger partial charge is 0.417 e. The van der Waals surface area contributed by atoms with Crippen LogP contribution in [0, 0.1) is 0 Å². The summed E-state index contributed by atoms with van der Waals surface area (Å²) in [7, 11) is 0. The summed E-state index contributed by atoms with van der Waals surface area (Å²) in [5.41, 5.74) is 1.45. The molecule has 2 aromatic carbocycles. The van der Waals surface area contributed by atoms with Crippen LogP contribution in [0.15, 0.2) is 78.4 Å². The van der Waals surface area contributed by atoms with E-state index >= 15 is 0 Å². The van der Waals surface area contributed by atoms with Crippen molar-refractivity contribution in [3.8, 4) is 28.1 Å². The lowest BCUT2D eigenvalue weighted by Crippen LogP contribution is -2.39. The maximum absolute atomic E-state index is 13.4. The number of ether oxygens (including phenoxy) is 1. The van der Waals surface area contributed by atoms with Crippen molar-refractivity contribution >= 4 is 23.7 Å². The van der Waals surface area contributed by atoms with Crippen LogP contribution in [0.4, 0.5) is 13.2 Å². The third-order valence-electron chi connectivity index (χ3n) is 6.71. The maximum Gasteiger partial charge on any atom is 0.417 e. The lowest BCUT2D eigenvalue weighted by Gasteiger charge is -2.28. The first-order valence-electron chi connectivity index (χ1n) is 12.6. The van der Waals surface area contributed by atoms with E-state index in [0.29, 0.717) is 37.4 Å². The number of benzene rings is 2. The van der Waals surface area contributed by atoms with Crippen LogP contribution in [-0.4, -0.2) is 58.3 Å². The molecule has 3 heterocycles. The van der Waals surface area contributed by atoms with Gasteiger partial charge in [-0.3, -0.25) is 14.6 Å². The second-order valence-corrected chi connectivity index (χ2v) is 10.1. The van der Waals surface area contributed by atoms with Crippen molar-refractivity contribution < 1.29 is 27.5 Å². The van der Waals surface area contributed by atoms with E-state index < -0.39 is 11.7 Å². The van der Waals surface area contributed by atoms with E-state index in [4.69, 9.17) is 9.72 Å². The number of thiazole rings is 1. The molecule has 0 aliphatic carbocycles. The van der Waals surface area contributed by atoms with Crippen molar-refractivity contribution in [2.45, 2.75) is 18.6 Å². The van der Waals surface area contributed by atoms with E-state index in [0.717, 1.165) is 28.7 Å². The Bertz CT molecular complexity index is 1460. The van der Waals surface area contributed by atoms with E-state index in [2.05, 4.69) is 4.98 Å². The summed E-state index contributed by atoms with van der Waals surface area (Å²) >= 11 is 1.45. The Morgan fingerprint density at radius 3 is 2.48 bits per heavy atom. The number of amides is 2. The fraction of sp³-hybridized carbons (Fsp3) is 0.241. The highest BCUT2D eigenvalue weighted by molar-refractivity contribution is 7.10. The van der Waals surface area contributed by atoms with Crippen LogP contribution >= 0.6 is 11.3 Å². The van der Waals surface area contributed by atoms with Crippen molar-refractivity contribution in [2.24, 2.45) is 0 Å². The van der Waals surface area contributed by atoms with Crippen molar-refractivity contribution in [1.29, 1.82) is 0 Å². The van der Waals surface area contributed by atoms with Crippen LogP contribution < -0.4 is 4.74 Å². The summed E-state index contributed by atoms with van der Waals surface area (Å²) in [5, 5.41) is 2.70. The molecule has 1 saturated heterocycles. The first-order valence-corrected chi connectivity index (χ1v) is 13.5. The number of rotatable bonds is 7. The zero-order chi connectivity index (χ0) is 28.1. The Balaban J connectivity index is 1.30. The predicted octanol–water partition coefficient (Wildman–Crippen LogP) is 5.70. The highest BCUT2D eigenvalue weighted by Gasteiger charge is 2.33. The molecule has 1 atom stereocenters. The van der Waals surface area contributed by atoms with Gasteiger partial charge in [-0.05, 0) is 47.9 Å². The largest absolute Gasteiger partial charge is 0.484 e. The molecule has 0 N–H and O–H groups in total. The average Bonchev–Trinajstić information content (AvgIpc) is 3.36. The third-order valence-corrected chi connectivity index (χ3v) is 7.65. The molecular formula is C29H25F3N4O3S. The van der Waals surface area contributed by atoms with Crippen LogP contribution in [-0.2, 0) is 15.8 Å². The molecule has 206 valence electrons. The normalized spacial score (nSPS) is 15.9. The Labute approximate surface area is 232 Å². The van der Waals surface area contributed by atoms with Gasteiger partial charge in [0.05, 0.1) is 17.3 Å². The molecule has 2 amide bonds. The van der Waals surface area contributed by atoms with Crippen LogP contribution in [0.2, 0.25) is 0 Å². The lowest BCUT2D eigenvalue weighted by molar-refractivity contribution is -0.137. The Morgan fingerprint density at radius 1 is 1.00 bits per heavy atom. The highest BCUT2D eigenvalue weighted by Crippen LogP contribution is 2.37.